The number of carbonyl (C=O) groups is 3. The number of nitrogens with one attached hydrogen (secondary N) is 1. The summed E-state index contributed by atoms with van der Waals surface area (Å²) >= 11 is 0. The molecule has 6 nitrogen and oxygen atoms in total. The van der Waals surface area contributed by atoms with Crippen LogP contribution in [0.25, 0.3) is 0 Å². The second-order valence-electron chi connectivity index (χ2n) is 4.55. The van der Waals surface area contributed by atoms with E-state index in [4.69, 9.17) is 5.11 Å². The van der Waals surface area contributed by atoms with Crippen LogP contribution < -0.4 is 5.32 Å². The molecule has 0 saturated carbocycles. The number of aliphatic carboxylic acids is 1. The minimum atomic E-state index is -1.05. The third-order valence-corrected chi connectivity index (χ3v) is 2.76. The third-order valence-electron chi connectivity index (χ3n) is 2.76. The second kappa shape index (κ2) is 5.65. The van der Waals surface area contributed by atoms with Gasteiger partial charge in [0, 0.05) is 13.0 Å². The molecule has 1 saturated heterocycles. The molecular formula is C11H18N2O4. The summed E-state index contributed by atoms with van der Waals surface area (Å²) in [5, 5.41) is 11.3. The Bertz CT molecular complexity index is 327. The molecule has 0 spiro atoms. The maximum atomic E-state index is 11.6. The molecule has 0 aromatic rings. The highest BCUT2D eigenvalue weighted by molar-refractivity contribution is 5.88. The molecule has 6 heteroatoms. The quantitative estimate of drug-likeness (QED) is 0.701. The van der Waals surface area contributed by atoms with Gasteiger partial charge in [-0.25, -0.2) is 4.79 Å². The lowest BCUT2D eigenvalue weighted by molar-refractivity contribution is -0.143. The third kappa shape index (κ3) is 3.72. The maximum absolute atomic E-state index is 11.6. The van der Waals surface area contributed by atoms with Crippen molar-refractivity contribution in [3.8, 4) is 0 Å². The van der Waals surface area contributed by atoms with E-state index in [0.29, 0.717) is 13.0 Å². The van der Waals surface area contributed by atoms with Gasteiger partial charge in [0.2, 0.25) is 11.8 Å². The van der Waals surface area contributed by atoms with Gasteiger partial charge in [0.25, 0.3) is 0 Å². The number of likely N-dealkylation sites (tertiary alicyclic amines) is 1. The average molecular weight is 242 g/mol. The summed E-state index contributed by atoms with van der Waals surface area (Å²) < 4.78 is 0. The zero-order chi connectivity index (χ0) is 13.0. The van der Waals surface area contributed by atoms with Gasteiger partial charge >= 0.3 is 5.97 Å². The van der Waals surface area contributed by atoms with Crippen molar-refractivity contribution in [2.45, 2.75) is 32.7 Å². The first kappa shape index (κ1) is 13.5. The number of hydrogen-bond acceptors (Lipinski definition) is 3. The van der Waals surface area contributed by atoms with E-state index in [2.05, 4.69) is 5.32 Å². The van der Waals surface area contributed by atoms with Gasteiger partial charge in [-0.05, 0) is 12.3 Å². The van der Waals surface area contributed by atoms with Crippen molar-refractivity contribution in [2.75, 3.05) is 13.1 Å². The minimum absolute atomic E-state index is 0.0448. The van der Waals surface area contributed by atoms with E-state index in [0.717, 1.165) is 6.42 Å². The predicted molar refractivity (Wildman–Crippen MR) is 60.2 cm³/mol. The number of rotatable bonds is 5. The van der Waals surface area contributed by atoms with Crippen LogP contribution in [0, 0.1) is 5.92 Å². The Balaban J connectivity index is 2.47. The first-order valence-corrected chi connectivity index (χ1v) is 5.71. The van der Waals surface area contributed by atoms with E-state index in [1.54, 1.807) is 13.8 Å². The Labute approximate surface area is 100.0 Å². The summed E-state index contributed by atoms with van der Waals surface area (Å²) in [4.78, 5) is 35.2. The zero-order valence-corrected chi connectivity index (χ0v) is 10.1. The molecule has 1 aliphatic heterocycles. The van der Waals surface area contributed by atoms with Crippen LogP contribution in [0.2, 0.25) is 0 Å². The average Bonchev–Trinajstić information content (AvgIpc) is 2.60. The van der Waals surface area contributed by atoms with Gasteiger partial charge in [-0.2, -0.15) is 0 Å². The molecule has 96 valence electrons. The molecule has 0 unspecified atom stereocenters. The zero-order valence-electron chi connectivity index (χ0n) is 10.1. The van der Waals surface area contributed by atoms with Gasteiger partial charge in [0.15, 0.2) is 0 Å². The molecule has 2 N–H and O–H groups in total. The molecule has 2 amide bonds. The van der Waals surface area contributed by atoms with Crippen LogP contribution >= 0.6 is 0 Å². The highest BCUT2D eigenvalue weighted by Crippen LogP contribution is 2.09. The molecule has 17 heavy (non-hydrogen) atoms. The van der Waals surface area contributed by atoms with E-state index in [-0.39, 0.29) is 18.4 Å². The molecule has 0 aliphatic carbocycles. The minimum Gasteiger partial charge on any atom is -0.480 e. The topological polar surface area (TPSA) is 86.7 Å². The highest BCUT2D eigenvalue weighted by Gasteiger charge is 2.26. The van der Waals surface area contributed by atoms with Crippen LogP contribution in [-0.2, 0) is 14.4 Å². The summed E-state index contributed by atoms with van der Waals surface area (Å²) in [5.74, 6) is -1.70. The van der Waals surface area contributed by atoms with Gasteiger partial charge in [0.05, 0.1) is 6.54 Å². The maximum Gasteiger partial charge on any atom is 0.326 e. The molecule has 1 aliphatic rings. The molecule has 0 aromatic heterocycles. The number of hydrogen-bond donors (Lipinski definition) is 2. The van der Waals surface area contributed by atoms with Gasteiger partial charge in [-0.1, -0.05) is 13.8 Å². The molecule has 0 radical (unpaired) electrons. The Hall–Kier alpha value is -1.59. The normalized spacial score (nSPS) is 17.4. The summed E-state index contributed by atoms with van der Waals surface area (Å²) in [6.07, 6.45) is 1.23. The van der Waals surface area contributed by atoms with Gasteiger partial charge < -0.3 is 15.3 Å². The van der Waals surface area contributed by atoms with Crippen LogP contribution in [0.4, 0.5) is 0 Å². The van der Waals surface area contributed by atoms with Crippen molar-refractivity contribution in [3.05, 3.63) is 0 Å². The van der Waals surface area contributed by atoms with E-state index in [1.807, 2.05) is 0 Å². The second-order valence-corrected chi connectivity index (χ2v) is 4.55. The Morgan fingerprint density at radius 3 is 2.53 bits per heavy atom. The van der Waals surface area contributed by atoms with Crippen LogP contribution in [0.3, 0.4) is 0 Å². The van der Waals surface area contributed by atoms with E-state index >= 15 is 0 Å². The lowest BCUT2D eigenvalue weighted by atomic mass is 10.0. The van der Waals surface area contributed by atoms with Gasteiger partial charge in [0.1, 0.15) is 6.04 Å². The molecule has 0 aromatic carbocycles. The largest absolute Gasteiger partial charge is 0.480 e. The number of carboxylic acid groups (broad SMARTS) is 1. The van der Waals surface area contributed by atoms with Crippen molar-refractivity contribution in [2.24, 2.45) is 5.92 Å². The van der Waals surface area contributed by atoms with Crippen molar-refractivity contribution in [1.29, 1.82) is 0 Å². The van der Waals surface area contributed by atoms with Crippen LogP contribution in [0.15, 0.2) is 0 Å². The highest BCUT2D eigenvalue weighted by atomic mass is 16.4. The van der Waals surface area contributed by atoms with Crippen molar-refractivity contribution < 1.29 is 19.5 Å². The summed E-state index contributed by atoms with van der Waals surface area (Å²) in [5.41, 5.74) is 0. The van der Waals surface area contributed by atoms with Gasteiger partial charge in [-0.3, -0.25) is 9.59 Å². The first-order chi connectivity index (χ1) is 7.91. The molecule has 1 rings (SSSR count). The Morgan fingerprint density at radius 1 is 1.47 bits per heavy atom. The number of carbonyl (C=O) groups excluding carboxylic acids is 2. The smallest absolute Gasteiger partial charge is 0.326 e. The van der Waals surface area contributed by atoms with Crippen molar-refractivity contribution >= 4 is 17.8 Å². The molecule has 1 heterocycles. The standard InChI is InChI=1S/C11H18N2O4/c1-7(2)10(11(16)17)12-8(14)6-13-5-3-4-9(13)15/h7,10H,3-6H2,1-2H3,(H,12,14)(H,16,17)/t10-/m0/s1. The first-order valence-electron chi connectivity index (χ1n) is 5.71. The lowest BCUT2D eigenvalue weighted by Gasteiger charge is -2.20. The lowest BCUT2D eigenvalue weighted by Crippen LogP contribution is -2.48. The summed E-state index contributed by atoms with van der Waals surface area (Å²) in [7, 11) is 0. The number of nitrogens with zero attached hydrogens (tertiary/aromatic N) is 1. The molecule has 1 fully saturated rings. The number of carboxylic acids is 1. The molecular weight excluding hydrogens is 224 g/mol. The van der Waals surface area contributed by atoms with Crippen molar-refractivity contribution in [1.82, 2.24) is 10.2 Å². The van der Waals surface area contributed by atoms with Gasteiger partial charge in [-0.15, -0.1) is 0 Å². The molecule has 1 atom stereocenters. The summed E-state index contributed by atoms with van der Waals surface area (Å²) in [6, 6.07) is -0.903. The van der Waals surface area contributed by atoms with E-state index in [1.165, 1.54) is 4.90 Å². The van der Waals surface area contributed by atoms with Crippen LogP contribution in [0.5, 0.6) is 0 Å². The van der Waals surface area contributed by atoms with Crippen molar-refractivity contribution in [3.63, 3.8) is 0 Å². The SMILES string of the molecule is CC(C)[C@H](NC(=O)CN1CCCC1=O)C(=O)O. The fraction of sp³-hybridized carbons (Fsp3) is 0.727. The monoisotopic (exact) mass is 242 g/mol. The fourth-order valence-corrected chi connectivity index (χ4v) is 1.78. The fourth-order valence-electron chi connectivity index (χ4n) is 1.78. The van der Waals surface area contributed by atoms with Crippen LogP contribution in [-0.4, -0.2) is 46.9 Å². The summed E-state index contributed by atoms with van der Waals surface area (Å²) in [6.45, 7) is 3.97. The number of amides is 2. The predicted octanol–water partition coefficient (Wildman–Crippen LogP) is -0.166. The van der Waals surface area contributed by atoms with Crippen LogP contribution in [0.1, 0.15) is 26.7 Å². The Morgan fingerprint density at radius 2 is 2.12 bits per heavy atom. The molecule has 0 bridgehead atoms. The Kier molecular flexibility index (Phi) is 4.48. The van der Waals surface area contributed by atoms with E-state index in [9.17, 15) is 14.4 Å². The van der Waals surface area contributed by atoms with E-state index < -0.39 is 17.9 Å².